The van der Waals surface area contributed by atoms with E-state index in [1.54, 1.807) is 7.05 Å². The fourth-order valence-electron chi connectivity index (χ4n) is 1.81. The van der Waals surface area contributed by atoms with E-state index in [0.29, 0.717) is 6.54 Å². The monoisotopic (exact) mass is 248 g/mol. The minimum absolute atomic E-state index is 0.125. The van der Waals surface area contributed by atoms with Crippen molar-refractivity contribution >= 4 is 6.03 Å². The van der Waals surface area contributed by atoms with E-state index in [9.17, 15) is 4.79 Å². The first kappa shape index (κ1) is 14.6. The lowest BCUT2D eigenvalue weighted by Crippen LogP contribution is -2.34. The molecule has 0 radical (unpaired) electrons. The van der Waals surface area contributed by atoms with Crippen molar-refractivity contribution in [3.05, 3.63) is 34.9 Å². The topological polar surface area (TPSA) is 41.1 Å². The van der Waals surface area contributed by atoms with Crippen molar-refractivity contribution in [2.75, 3.05) is 13.6 Å². The first-order chi connectivity index (χ1) is 8.34. The zero-order valence-electron chi connectivity index (χ0n) is 12.1. The molecule has 0 saturated heterocycles. The van der Waals surface area contributed by atoms with Gasteiger partial charge in [-0.05, 0) is 35.4 Å². The van der Waals surface area contributed by atoms with Crippen molar-refractivity contribution < 1.29 is 4.79 Å². The highest BCUT2D eigenvalue weighted by Crippen LogP contribution is 2.24. The highest BCUT2D eigenvalue weighted by atomic mass is 16.2. The van der Waals surface area contributed by atoms with Gasteiger partial charge in [0.05, 0.1) is 0 Å². The van der Waals surface area contributed by atoms with E-state index in [0.717, 1.165) is 6.42 Å². The van der Waals surface area contributed by atoms with Gasteiger partial charge in [0.2, 0.25) is 0 Å². The molecule has 1 aromatic carbocycles. The molecule has 0 aromatic heterocycles. The first-order valence-corrected chi connectivity index (χ1v) is 6.40. The van der Waals surface area contributed by atoms with Crippen LogP contribution in [0, 0.1) is 6.92 Å². The summed E-state index contributed by atoms with van der Waals surface area (Å²) in [4.78, 5) is 11.1. The predicted octanol–water partition coefficient (Wildman–Crippen LogP) is 2.76. The van der Waals surface area contributed by atoms with Gasteiger partial charge in [0.25, 0.3) is 0 Å². The summed E-state index contributed by atoms with van der Waals surface area (Å²) in [6, 6.07) is 6.47. The Kier molecular flexibility index (Phi) is 4.76. The van der Waals surface area contributed by atoms with Crippen molar-refractivity contribution in [2.24, 2.45) is 0 Å². The number of aryl methyl sites for hydroxylation is 1. The van der Waals surface area contributed by atoms with Gasteiger partial charge in [-0.15, -0.1) is 0 Å². The lowest BCUT2D eigenvalue weighted by molar-refractivity contribution is 0.243. The van der Waals surface area contributed by atoms with Crippen LogP contribution in [0.1, 0.15) is 37.5 Å². The fourth-order valence-corrected chi connectivity index (χ4v) is 1.81. The Bertz CT molecular complexity index is 419. The number of hydrogen-bond acceptors (Lipinski definition) is 1. The smallest absolute Gasteiger partial charge is 0.314 e. The molecular formula is C15H24N2O. The minimum Gasteiger partial charge on any atom is -0.341 e. The van der Waals surface area contributed by atoms with Crippen LogP contribution in [-0.2, 0) is 11.8 Å². The molecule has 0 fully saturated rings. The predicted molar refractivity (Wildman–Crippen MR) is 76.0 cm³/mol. The van der Waals surface area contributed by atoms with E-state index >= 15 is 0 Å². The number of urea groups is 1. The van der Waals surface area contributed by atoms with Crippen molar-refractivity contribution in [3.8, 4) is 0 Å². The van der Waals surface area contributed by atoms with Gasteiger partial charge >= 0.3 is 6.03 Å². The largest absolute Gasteiger partial charge is 0.341 e. The number of carbonyl (C=O) groups is 1. The summed E-state index contributed by atoms with van der Waals surface area (Å²) in [5, 5.41) is 5.37. The third-order valence-electron chi connectivity index (χ3n) is 3.12. The van der Waals surface area contributed by atoms with E-state index in [2.05, 4.69) is 56.5 Å². The van der Waals surface area contributed by atoms with Crippen LogP contribution >= 0.6 is 0 Å². The molecule has 0 bridgehead atoms. The summed E-state index contributed by atoms with van der Waals surface area (Å²) >= 11 is 0. The van der Waals surface area contributed by atoms with E-state index in [-0.39, 0.29) is 11.4 Å². The zero-order valence-corrected chi connectivity index (χ0v) is 12.1. The summed E-state index contributed by atoms with van der Waals surface area (Å²) in [6.07, 6.45) is 0.864. The molecule has 3 heteroatoms. The third-order valence-corrected chi connectivity index (χ3v) is 3.12. The summed E-state index contributed by atoms with van der Waals surface area (Å²) in [6.45, 7) is 9.41. The Hall–Kier alpha value is -1.51. The van der Waals surface area contributed by atoms with Gasteiger partial charge < -0.3 is 10.6 Å². The maximum atomic E-state index is 11.1. The van der Waals surface area contributed by atoms with Crippen LogP contribution in [0.25, 0.3) is 0 Å². The maximum absolute atomic E-state index is 11.1. The van der Waals surface area contributed by atoms with Gasteiger partial charge in [-0.1, -0.05) is 39.0 Å². The SMILES string of the molecule is CNC(=O)NCCc1cc(C(C)(C)C)ccc1C. The van der Waals surface area contributed by atoms with Crippen molar-refractivity contribution in [3.63, 3.8) is 0 Å². The van der Waals surface area contributed by atoms with Gasteiger partial charge in [-0.2, -0.15) is 0 Å². The Balaban J connectivity index is 2.73. The van der Waals surface area contributed by atoms with Crippen molar-refractivity contribution in [1.29, 1.82) is 0 Å². The Morgan fingerprint density at radius 3 is 2.50 bits per heavy atom. The second-order valence-electron chi connectivity index (χ2n) is 5.65. The molecule has 0 saturated carbocycles. The molecule has 0 spiro atoms. The molecule has 0 heterocycles. The number of amides is 2. The first-order valence-electron chi connectivity index (χ1n) is 6.40. The molecule has 2 amide bonds. The molecule has 2 N–H and O–H groups in total. The average molecular weight is 248 g/mol. The summed E-state index contributed by atoms with van der Waals surface area (Å²) in [5.41, 5.74) is 4.08. The highest BCUT2D eigenvalue weighted by molar-refractivity contribution is 5.73. The zero-order chi connectivity index (χ0) is 13.8. The molecule has 1 aromatic rings. The third kappa shape index (κ3) is 4.06. The van der Waals surface area contributed by atoms with Gasteiger partial charge in [-0.25, -0.2) is 4.79 Å². The minimum atomic E-state index is -0.125. The lowest BCUT2D eigenvalue weighted by atomic mass is 9.85. The van der Waals surface area contributed by atoms with Crippen LogP contribution in [0.15, 0.2) is 18.2 Å². The highest BCUT2D eigenvalue weighted by Gasteiger charge is 2.14. The van der Waals surface area contributed by atoms with E-state index in [1.807, 2.05) is 0 Å². The van der Waals surface area contributed by atoms with Crippen LogP contribution in [-0.4, -0.2) is 19.6 Å². The molecular weight excluding hydrogens is 224 g/mol. The van der Waals surface area contributed by atoms with Gasteiger partial charge in [0, 0.05) is 13.6 Å². The van der Waals surface area contributed by atoms with Gasteiger partial charge in [0.1, 0.15) is 0 Å². The van der Waals surface area contributed by atoms with Crippen molar-refractivity contribution in [1.82, 2.24) is 10.6 Å². The standard InChI is InChI=1S/C15H24N2O/c1-11-6-7-13(15(2,3)4)10-12(11)8-9-17-14(18)16-5/h6-7,10H,8-9H2,1-5H3,(H2,16,17,18). The Labute approximate surface area is 110 Å². The maximum Gasteiger partial charge on any atom is 0.314 e. The quantitative estimate of drug-likeness (QED) is 0.848. The number of nitrogens with one attached hydrogen (secondary N) is 2. The van der Waals surface area contributed by atoms with E-state index < -0.39 is 0 Å². The second kappa shape index (κ2) is 5.89. The Morgan fingerprint density at radius 2 is 1.94 bits per heavy atom. The van der Waals surface area contributed by atoms with E-state index in [1.165, 1.54) is 16.7 Å². The van der Waals surface area contributed by atoms with Gasteiger partial charge in [0.15, 0.2) is 0 Å². The molecule has 0 atom stereocenters. The molecule has 0 aliphatic heterocycles. The average Bonchev–Trinajstić information content (AvgIpc) is 2.29. The summed E-state index contributed by atoms with van der Waals surface area (Å²) in [7, 11) is 1.63. The van der Waals surface area contributed by atoms with Crippen LogP contribution < -0.4 is 10.6 Å². The van der Waals surface area contributed by atoms with Crippen LogP contribution in [0.3, 0.4) is 0 Å². The molecule has 0 aliphatic carbocycles. The number of rotatable bonds is 3. The number of benzene rings is 1. The van der Waals surface area contributed by atoms with E-state index in [4.69, 9.17) is 0 Å². The van der Waals surface area contributed by atoms with Crippen LogP contribution in [0.5, 0.6) is 0 Å². The van der Waals surface area contributed by atoms with Gasteiger partial charge in [-0.3, -0.25) is 0 Å². The normalized spacial score (nSPS) is 11.2. The molecule has 1 rings (SSSR count). The van der Waals surface area contributed by atoms with Crippen molar-refractivity contribution in [2.45, 2.75) is 39.5 Å². The molecule has 0 unspecified atom stereocenters. The summed E-state index contributed by atoms with van der Waals surface area (Å²) < 4.78 is 0. The second-order valence-corrected chi connectivity index (χ2v) is 5.65. The molecule has 0 aliphatic rings. The molecule has 18 heavy (non-hydrogen) atoms. The molecule has 100 valence electrons. The number of hydrogen-bond donors (Lipinski definition) is 2. The Morgan fingerprint density at radius 1 is 1.28 bits per heavy atom. The lowest BCUT2D eigenvalue weighted by Gasteiger charge is -2.21. The van der Waals surface area contributed by atoms with Crippen LogP contribution in [0.2, 0.25) is 0 Å². The summed E-state index contributed by atoms with van der Waals surface area (Å²) in [5.74, 6) is 0. The fraction of sp³-hybridized carbons (Fsp3) is 0.533. The number of carbonyl (C=O) groups excluding carboxylic acids is 1. The van der Waals surface area contributed by atoms with Crippen LogP contribution in [0.4, 0.5) is 4.79 Å². The molecule has 3 nitrogen and oxygen atoms in total.